The van der Waals surface area contributed by atoms with Crippen LogP contribution in [0.1, 0.15) is 32.2 Å². The molecular formula is C14H19N3S. The van der Waals surface area contributed by atoms with Crippen LogP contribution in [0, 0.1) is 5.92 Å². The Labute approximate surface area is 112 Å². The van der Waals surface area contributed by atoms with Crippen molar-refractivity contribution in [3.05, 3.63) is 29.9 Å². The number of rotatable bonds is 2. The zero-order valence-electron chi connectivity index (χ0n) is 10.6. The molecule has 0 aromatic carbocycles. The fourth-order valence-corrected chi connectivity index (χ4v) is 3.60. The molecule has 18 heavy (non-hydrogen) atoms. The molecule has 2 heterocycles. The molecule has 2 aromatic rings. The van der Waals surface area contributed by atoms with Gasteiger partial charge in [-0.3, -0.25) is 0 Å². The van der Waals surface area contributed by atoms with Crippen LogP contribution in [0.4, 0.5) is 0 Å². The summed E-state index contributed by atoms with van der Waals surface area (Å²) < 4.78 is 2.28. The molecule has 0 radical (unpaired) electrons. The number of imidazole rings is 1. The minimum Gasteiger partial charge on any atom is -0.326 e. The molecule has 0 aliphatic heterocycles. The highest BCUT2D eigenvalue weighted by Crippen LogP contribution is 2.35. The summed E-state index contributed by atoms with van der Waals surface area (Å²) >= 11 is 1.74. The Bertz CT molecular complexity index is 503. The molecule has 0 amide bonds. The Morgan fingerprint density at radius 2 is 2.33 bits per heavy atom. The summed E-state index contributed by atoms with van der Waals surface area (Å²) in [5, 5.41) is 2.10. The van der Waals surface area contributed by atoms with Gasteiger partial charge in [-0.25, -0.2) is 4.98 Å². The van der Waals surface area contributed by atoms with Crippen LogP contribution in [-0.4, -0.2) is 15.6 Å². The van der Waals surface area contributed by atoms with E-state index in [1.54, 1.807) is 11.3 Å². The van der Waals surface area contributed by atoms with Gasteiger partial charge in [-0.1, -0.05) is 13.0 Å². The largest absolute Gasteiger partial charge is 0.326 e. The van der Waals surface area contributed by atoms with Gasteiger partial charge in [0, 0.05) is 18.4 Å². The third-order valence-electron chi connectivity index (χ3n) is 3.90. The van der Waals surface area contributed by atoms with Crippen molar-refractivity contribution >= 4 is 11.3 Å². The van der Waals surface area contributed by atoms with Crippen LogP contribution < -0.4 is 5.73 Å². The number of hydrogen-bond acceptors (Lipinski definition) is 3. The number of nitrogens with two attached hydrogens (primary N) is 1. The summed E-state index contributed by atoms with van der Waals surface area (Å²) in [5.74, 6) is 1.83. The van der Waals surface area contributed by atoms with Crippen molar-refractivity contribution in [1.29, 1.82) is 0 Å². The van der Waals surface area contributed by atoms with Gasteiger partial charge in [0.1, 0.15) is 5.82 Å². The molecule has 1 saturated carbocycles. The lowest BCUT2D eigenvalue weighted by Crippen LogP contribution is -2.37. The first-order valence-electron chi connectivity index (χ1n) is 6.58. The van der Waals surface area contributed by atoms with E-state index in [2.05, 4.69) is 40.2 Å². The van der Waals surface area contributed by atoms with Crippen LogP contribution in [0.2, 0.25) is 0 Å². The first kappa shape index (κ1) is 11.9. The van der Waals surface area contributed by atoms with E-state index >= 15 is 0 Å². The Balaban J connectivity index is 1.94. The average molecular weight is 261 g/mol. The van der Waals surface area contributed by atoms with Gasteiger partial charge in [0.25, 0.3) is 0 Å². The number of hydrogen-bond donors (Lipinski definition) is 1. The minimum absolute atomic E-state index is 0.258. The van der Waals surface area contributed by atoms with Crippen molar-refractivity contribution in [3.63, 3.8) is 0 Å². The third-order valence-corrected chi connectivity index (χ3v) is 4.76. The van der Waals surface area contributed by atoms with Gasteiger partial charge >= 0.3 is 0 Å². The van der Waals surface area contributed by atoms with E-state index in [9.17, 15) is 0 Å². The second-order valence-electron chi connectivity index (χ2n) is 5.28. The van der Waals surface area contributed by atoms with E-state index < -0.39 is 0 Å². The zero-order chi connectivity index (χ0) is 12.5. The SMILES string of the molecule is CC1CCC(N)C(n2ccnc2-c2cccs2)C1. The van der Waals surface area contributed by atoms with Gasteiger partial charge in [0.2, 0.25) is 0 Å². The highest BCUT2D eigenvalue weighted by Gasteiger charge is 2.28. The van der Waals surface area contributed by atoms with Crippen LogP contribution in [0.5, 0.6) is 0 Å². The molecule has 3 rings (SSSR count). The lowest BCUT2D eigenvalue weighted by Gasteiger charge is -2.34. The first-order chi connectivity index (χ1) is 8.75. The molecule has 1 aliphatic carbocycles. The molecule has 2 N–H and O–H groups in total. The van der Waals surface area contributed by atoms with Crippen molar-refractivity contribution < 1.29 is 0 Å². The predicted molar refractivity (Wildman–Crippen MR) is 75.6 cm³/mol. The third kappa shape index (κ3) is 2.10. The summed E-state index contributed by atoms with van der Waals surface area (Å²) in [4.78, 5) is 5.74. The van der Waals surface area contributed by atoms with Gasteiger partial charge in [-0.15, -0.1) is 11.3 Å². The molecule has 0 saturated heterocycles. The highest BCUT2D eigenvalue weighted by atomic mass is 32.1. The number of thiophene rings is 1. The molecule has 1 fully saturated rings. The summed E-state index contributed by atoms with van der Waals surface area (Å²) in [6.45, 7) is 2.32. The maximum Gasteiger partial charge on any atom is 0.150 e. The normalized spacial score (nSPS) is 28.4. The Hall–Kier alpha value is -1.13. The lowest BCUT2D eigenvalue weighted by atomic mass is 9.83. The standard InChI is InChI=1S/C14H19N3S/c1-10-4-5-11(15)12(9-10)17-7-6-16-14(17)13-3-2-8-18-13/h2-3,6-8,10-12H,4-5,9,15H2,1H3. The zero-order valence-corrected chi connectivity index (χ0v) is 11.4. The second kappa shape index (κ2) is 4.86. The maximum atomic E-state index is 6.31. The molecule has 0 spiro atoms. The maximum absolute atomic E-state index is 6.31. The van der Waals surface area contributed by atoms with Crippen LogP contribution in [-0.2, 0) is 0 Å². The minimum atomic E-state index is 0.258. The molecule has 1 aliphatic rings. The van der Waals surface area contributed by atoms with Crippen molar-refractivity contribution in [2.45, 2.75) is 38.3 Å². The van der Waals surface area contributed by atoms with Crippen LogP contribution in [0.25, 0.3) is 10.7 Å². The van der Waals surface area contributed by atoms with E-state index in [0.717, 1.165) is 24.6 Å². The first-order valence-corrected chi connectivity index (χ1v) is 7.46. The molecule has 96 valence electrons. The summed E-state index contributed by atoms with van der Waals surface area (Å²) in [7, 11) is 0. The average Bonchev–Trinajstić information content (AvgIpc) is 3.00. The van der Waals surface area contributed by atoms with Gasteiger partial charge in [-0.05, 0) is 36.6 Å². The summed E-state index contributed by atoms with van der Waals surface area (Å²) in [6.07, 6.45) is 7.50. The highest BCUT2D eigenvalue weighted by molar-refractivity contribution is 7.13. The Morgan fingerprint density at radius 1 is 1.44 bits per heavy atom. The van der Waals surface area contributed by atoms with Crippen molar-refractivity contribution in [2.24, 2.45) is 11.7 Å². The summed E-state index contributed by atoms with van der Waals surface area (Å²) in [6, 6.07) is 4.85. The smallest absolute Gasteiger partial charge is 0.150 e. The van der Waals surface area contributed by atoms with Gasteiger partial charge < -0.3 is 10.3 Å². The van der Waals surface area contributed by atoms with Gasteiger partial charge in [0.05, 0.1) is 10.9 Å². The van der Waals surface area contributed by atoms with Crippen molar-refractivity contribution in [3.8, 4) is 10.7 Å². The fourth-order valence-electron chi connectivity index (χ4n) is 2.87. The fraction of sp³-hybridized carbons (Fsp3) is 0.500. The molecule has 2 aromatic heterocycles. The molecule has 3 unspecified atom stereocenters. The van der Waals surface area contributed by atoms with Crippen LogP contribution >= 0.6 is 11.3 Å². The summed E-state index contributed by atoms with van der Waals surface area (Å²) in [5.41, 5.74) is 6.31. The predicted octanol–water partition coefficient (Wildman–Crippen LogP) is 3.30. The lowest BCUT2D eigenvalue weighted by molar-refractivity contribution is 0.249. The molecule has 3 atom stereocenters. The van der Waals surface area contributed by atoms with Gasteiger partial charge in [-0.2, -0.15) is 0 Å². The van der Waals surface area contributed by atoms with Crippen molar-refractivity contribution in [2.75, 3.05) is 0 Å². The number of nitrogens with zero attached hydrogens (tertiary/aromatic N) is 2. The van der Waals surface area contributed by atoms with E-state index in [1.807, 2.05) is 6.20 Å². The monoisotopic (exact) mass is 261 g/mol. The molecular weight excluding hydrogens is 242 g/mol. The van der Waals surface area contributed by atoms with E-state index in [1.165, 1.54) is 11.3 Å². The Kier molecular flexibility index (Phi) is 3.22. The molecule has 4 heteroatoms. The quantitative estimate of drug-likeness (QED) is 0.901. The van der Waals surface area contributed by atoms with Crippen molar-refractivity contribution in [1.82, 2.24) is 9.55 Å². The molecule has 3 nitrogen and oxygen atoms in total. The topological polar surface area (TPSA) is 43.8 Å². The second-order valence-corrected chi connectivity index (χ2v) is 6.23. The van der Waals surface area contributed by atoms with Gasteiger partial charge in [0.15, 0.2) is 0 Å². The number of aromatic nitrogens is 2. The Morgan fingerprint density at radius 3 is 3.11 bits per heavy atom. The molecule has 0 bridgehead atoms. The van der Waals surface area contributed by atoms with Crippen LogP contribution in [0.3, 0.4) is 0 Å². The van der Waals surface area contributed by atoms with Crippen LogP contribution in [0.15, 0.2) is 29.9 Å². The van der Waals surface area contributed by atoms with E-state index in [4.69, 9.17) is 5.73 Å². The van der Waals surface area contributed by atoms with E-state index in [-0.39, 0.29) is 6.04 Å². The van der Waals surface area contributed by atoms with E-state index in [0.29, 0.717) is 6.04 Å².